The zero-order valence-corrected chi connectivity index (χ0v) is 12.2. The summed E-state index contributed by atoms with van der Waals surface area (Å²) < 4.78 is 0. The Kier molecular flexibility index (Phi) is 4.87. The second-order valence-corrected chi connectivity index (χ2v) is 5.28. The highest BCUT2D eigenvalue weighted by molar-refractivity contribution is 7.99. The Bertz CT molecular complexity index is 544. The van der Waals surface area contributed by atoms with Gasteiger partial charge >= 0.3 is 0 Å². The van der Waals surface area contributed by atoms with Crippen LogP contribution in [0, 0.1) is 6.92 Å². The van der Waals surface area contributed by atoms with Crippen molar-refractivity contribution in [2.75, 3.05) is 6.54 Å². The number of aromatic nitrogens is 3. The summed E-state index contributed by atoms with van der Waals surface area (Å²) in [6.45, 7) is 7.17. The van der Waals surface area contributed by atoms with Crippen LogP contribution >= 0.6 is 11.8 Å². The molecule has 0 aromatic carbocycles. The third kappa shape index (κ3) is 4.01. The van der Waals surface area contributed by atoms with Gasteiger partial charge in [-0.1, -0.05) is 6.92 Å². The summed E-state index contributed by atoms with van der Waals surface area (Å²) in [6, 6.07) is 6.34. The molecule has 0 saturated carbocycles. The Morgan fingerprint density at radius 3 is 2.79 bits per heavy atom. The van der Waals surface area contributed by atoms with Crippen LogP contribution in [0.25, 0.3) is 0 Å². The maximum absolute atomic E-state index is 4.38. The molecule has 4 nitrogen and oxygen atoms in total. The molecule has 0 saturated heterocycles. The van der Waals surface area contributed by atoms with Crippen LogP contribution in [0.4, 0.5) is 0 Å². The molecule has 5 heteroatoms. The SMILES string of the molecule is CCNC(C)c1ccnc(Sc2nccc(C)n2)c1. The van der Waals surface area contributed by atoms with Crippen molar-refractivity contribution in [1.29, 1.82) is 0 Å². The first kappa shape index (κ1) is 14.0. The Morgan fingerprint density at radius 2 is 2.05 bits per heavy atom. The van der Waals surface area contributed by atoms with Crippen LogP contribution < -0.4 is 5.32 Å². The Morgan fingerprint density at radius 1 is 1.26 bits per heavy atom. The maximum atomic E-state index is 4.38. The van der Waals surface area contributed by atoms with E-state index in [1.54, 1.807) is 6.20 Å². The summed E-state index contributed by atoms with van der Waals surface area (Å²) in [7, 11) is 0. The number of nitrogens with zero attached hydrogens (tertiary/aromatic N) is 3. The largest absolute Gasteiger partial charge is 0.310 e. The summed E-state index contributed by atoms with van der Waals surface area (Å²) >= 11 is 1.49. The summed E-state index contributed by atoms with van der Waals surface area (Å²) in [5.74, 6) is 0. The smallest absolute Gasteiger partial charge is 0.194 e. The van der Waals surface area contributed by atoms with Crippen LogP contribution in [0.15, 0.2) is 40.8 Å². The zero-order chi connectivity index (χ0) is 13.7. The van der Waals surface area contributed by atoms with E-state index in [9.17, 15) is 0 Å². The molecule has 1 unspecified atom stereocenters. The molecule has 2 aromatic rings. The van der Waals surface area contributed by atoms with E-state index in [1.807, 2.05) is 25.3 Å². The van der Waals surface area contributed by atoms with Gasteiger partial charge in [-0.2, -0.15) is 0 Å². The Balaban J connectivity index is 2.15. The molecule has 2 aromatic heterocycles. The van der Waals surface area contributed by atoms with Crippen LogP contribution in [0.1, 0.15) is 31.1 Å². The van der Waals surface area contributed by atoms with Crippen LogP contribution in [0.5, 0.6) is 0 Å². The molecule has 100 valence electrons. The standard InChI is InChI=1S/C14H18N4S/c1-4-15-11(3)12-6-8-16-13(9-12)19-14-17-7-5-10(2)18-14/h5-9,11,15H,4H2,1-3H3. The summed E-state index contributed by atoms with van der Waals surface area (Å²) in [6.07, 6.45) is 3.61. The minimum Gasteiger partial charge on any atom is -0.310 e. The topological polar surface area (TPSA) is 50.7 Å². The lowest BCUT2D eigenvalue weighted by Crippen LogP contribution is -2.17. The summed E-state index contributed by atoms with van der Waals surface area (Å²) in [5.41, 5.74) is 2.20. The van der Waals surface area contributed by atoms with Gasteiger partial charge in [-0.15, -0.1) is 0 Å². The fourth-order valence-corrected chi connectivity index (χ4v) is 2.54. The second kappa shape index (κ2) is 6.63. The third-order valence-corrected chi connectivity index (χ3v) is 3.55. The van der Waals surface area contributed by atoms with Crippen molar-refractivity contribution >= 4 is 11.8 Å². The number of aryl methyl sites for hydroxylation is 1. The van der Waals surface area contributed by atoms with E-state index in [0.717, 1.165) is 22.4 Å². The average Bonchev–Trinajstić information content (AvgIpc) is 2.39. The third-order valence-electron chi connectivity index (χ3n) is 2.74. The minimum atomic E-state index is 0.325. The van der Waals surface area contributed by atoms with Crippen molar-refractivity contribution in [2.45, 2.75) is 37.0 Å². The van der Waals surface area contributed by atoms with Gasteiger partial charge in [-0.25, -0.2) is 15.0 Å². The molecule has 0 bridgehead atoms. The van der Waals surface area contributed by atoms with Gasteiger partial charge < -0.3 is 5.32 Å². The molecular weight excluding hydrogens is 256 g/mol. The van der Waals surface area contributed by atoms with Crippen molar-refractivity contribution in [3.05, 3.63) is 41.9 Å². The summed E-state index contributed by atoms with van der Waals surface area (Å²) in [4.78, 5) is 13.0. The molecule has 0 aliphatic heterocycles. The fraction of sp³-hybridized carbons (Fsp3) is 0.357. The summed E-state index contributed by atoms with van der Waals surface area (Å²) in [5, 5.41) is 5.05. The number of pyridine rings is 1. The molecule has 1 N–H and O–H groups in total. The Labute approximate surface area is 118 Å². The van der Waals surface area contributed by atoms with Crippen molar-refractivity contribution in [3.8, 4) is 0 Å². The molecular formula is C14H18N4S. The zero-order valence-electron chi connectivity index (χ0n) is 11.4. The highest BCUT2D eigenvalue weighted by Crippen LogP contribution is 2.24. The fourth-order valence-electron chi connectivity index (χ4n) is 1.74. The lowest BCUT2D eigenvalue weighted by Gasteiger charge is -2.13. The van der Waals surface area contributed by atoms with E-state index in [-0.39, 0.29) is 0 Å². The molecule has 1 atom stereocenters. The predicted octanol–water partition coefficient (Wildman–Crippen LogP) is 3.00. The van der Waals surface area contributed by atoms with E-state index >= 15 is 0 Å². The lowest BCUT2D eigenvalue weighted by atomic mass is 10.1. The molecule has 0 amide bonds. The van der Waals surface area contributed by atoms with Gasteiger partial charge in [0.25, 0.3) is 0 Å². The van der Waals surface area contributed by atoms with E-state index in [4.69, 9.17) is 0 Å². The first-order valence-corrected chi connectivity index (χ1v) is 7.17. The number of hydrogen-bond donors (Lipinski definition) is 1. The number of nitrogens with one attached hydrogen (secondary N) is 1. The quantitative estimate of drug-likeness (QED) is 0.849. The van der Waals surface area contributed by atoms with Crippen LogP contribution in [-0.2, 0) is 0 Å². The first-order valence-electron chi connectivity index (χ1n) is 6.36. The molecule has 0 spiro atoms. The van der Waals surface area contributed by atoms with Crippen LogP contribution in [-0.4, -0.2) is 21.5 Å². The Hall–Kier alpha value is -1.46. The van der Waals surface area contributed by atoms with Gasteiger partial charge in [-0.3, -0.25) is 0 Å². The highest BCUT2D eigenvalue weighted by atomic mass is 32.2. The van der Waals surface area contributed by atoms with Gasteiger partial charge in [0.05, 0.1) is 0 Å². The van der Waals surface area contributed by atoms with Gasteiger partial charge in [0, 0.05) is 24.1 Å². The van der Waals surface area contributed by atoms with Gasteiger partial charge in [-0.05, 0) is 55.9 Å². The first-order chi connectivity index (χ1) is 9.19. The average molecular weight is 274 g/mol. The second-order valence-electron chi connectivity index (χ2n) is 4.29. The van der Waals surface area contributed by atoms with Gasteiger partial charge in [0.2, 0.25) is 0 Å². The molecule has 0 fully saturated rings. The number of rotatable bonds is 5. The van der Waals surface area contributed by atoms with Gasteiger partial charge in [0.1, 0.15) is 5.03 Å². The lowest BCUT2D eigenvalue weighted by molar-refractivity contribution is 0.596. The van der Waals surface area contributed by atoms with Crippen molar-refractivity contribution in [2.24, 2.45) is 0 Å². The minimum absolute atomic E-state index is 0.325. The highest BCUT2D eigenvalue weighted by Gasteiger charge is 2.07. The molecule has 0 radical (unpaired) electrons. The molecule has 19 heavy (non-hydrogen) atoms. The molecule has 2 heterocycles. The number of hydrogen-bond acceptors (Lipinski definition) is 5. The normalized spacial score (nSPS) is 12.4. The van der Waals surface area contributed by atoms with E-state index < -0.39 is 0 Å². The molecule has 2 rings (SSSR count). The van der Waals surface area contributed by atoms with E-state index in [2.05, 4.69) is 40.2 Å². The van der Waals surface area contributed by atoms with Crippen molar-refractivity contribution < 1.29 is 0 Å². The predicted molar refractivity (Wildman–Crippen MR) is 77.2 cm³/mol. The van der Waals surface area contributed by atoms with E-state index in [0.29, 0.717) is 6.04 Å². The van der Waals surface area contributed by atoms with Gasteiger partial charge in [0.15, 0.2) is 5.16 Å². The monoisotopic (exact) mass is 274 g/mol. The van der Waals surface area contributed by atoms with Crippen LogP contribution in [0.2, 0.25) is 0 Å². The van der Waals surface area contributed by atoms with E-state index in [1.165, 1.54) is 17.3 Å². The van der Waals surface area contributed by atoms with Crippen molar-refractivity contribution in [3.63, 3.8) is 0 Å². The van der Waals surface area contributed by atoms with Crippen molar-refractivity contribution in [1.82, 2.24) is 20.3 Å². The molecule has 0 aliphatic rings. The van der Waals surface area contributed by atoms with Crippen LogP contribution in [0.3, 0.4) is 0 Å². The molecule has 0 aliphatic carbocycles. The maximum Gasteiger partial charge on any atom is 0.194 e.